The number of nitrogen functional groups attached to an aromatic ring is 1. The van der Waals surface area contributed by atoms with Crippen LogP contribution in [0.4, 0.5) is 11.4 Å². The molecule has 1 saturated carbocycles. The summed E-state index contributed by atoms with van der Waals surface area (Å²) in [7, 11) is 0. The molecule has 1 heterocycles. The molecule has 6 heteroatoms. The van der Waals surface area contributed by atoms with Gasteiger partial charge in [-0.3, -0.25) is 4.79 Å². The van der Waals surface area contributed by atoms with Crippen molar-refractivity contribution in [1.29, 1.82) is 0 Å². The second kappa shape index (κ2) is 5.04. The third-order valence-electron chi connectivity index (χ3n) is 3.24. The van der Waals surface area contributed by atoms with Crippen molar-refractivity contribution in [2.75, 3.05) is 11.1 Å². The van der Waals surface area contributed by atoms with Gasteiger partial charge in [0.1, 0.15) is 5.69 Å². The summed E-state index contributed by atoms with van der Waals surface area (Å²) < 4.78 is 1.91. The fourth-order valence-electron chi connectivity index (χ4n) is 2.13. The van der Waals surface area contributed by atoms with Gasteiger partial charge in [0, 0.05) is 12.2 Å². The van der Waals surface area contributed by atoms with Crippen LogP contribution in [0.3, 0.4) is 0 Å². The van der Waals surface area contributed by atoms with Crippen LogP contribution in [-0.2, 0) is 0 Å². The van der Waals surface area contributed by atoms with Crippen molar-refractivity contribution in [3.63, 3.8) is 0 Å². The highest BCUT2D eigenvalue weighted by Gasteiger charge is 2.28. The maximum atomic E-state index is 12.4. The van der Waals surface area contributed by atoms with E-state index in [9.17, 15) is 4.79 Å². The predicted octanol–water partition coefficient (Wildman–Crippen LogP) is 3.96. The van der Waals surface area contributed by atoms with Crippen molar-refractivity contribution in [3.8, 4) is 0 Å². The van der Waals surface area contributed by atoms with Crippen LogP contribution in [0.1, 0.15) is 29.4 Å². The van der Waals surface area contributed by atoms with Crippen molar-refractivity contribution in [2.45, 2.75) is 18.9 Å². The number of nitrogens with two attached hydrogens (primary N) is 1. The minimum atomic E-state index is -0.261. The van der Waals surface area contributed by atoms with Crippen LogP contribution in [0.5, 0.6) is 0 Å². The van der Waals surface area contributed by atoms with E-state index in [1.165, 1.54) is 0 Å². The van der Waals surface area contributed by atoms with E-state index in [0.717, 1.165) is 12.8 Å². The van der Waals surface area contributed by atoms with Gasteiger partial charge in [0.05, 0.1) is 21.4 Å². The van der Waals surface area contributed by atoms with E-state index in [4.69, 9.17) is 28.9 Å². The lowest BCUT2D eigenvalue weighted by molar-refractivity contribution is 0.101. The minimum Gasteiger partial charge on any atom is -0.397 e. The van der Waals surface area contributed by atoms with Gasteiger partial charge in [-0.25, -0.2) is 0 Å². The molecule has 1 aromatic heterocycles. The molecule has 1 aliphatic carbocycles. The number of hydrogen-bond acceptors (Lipinski definition) is 2. The maximum Gasteiger partial charge on any atom is 0.272 e. The average Bonchev–Trinajstić information content (AvgIpc) is 3.17. The van der Waals surface area contributed by atoms with Gasteiger partial charge in [-0.05, 0) is 31.0 Å². The first kappa shape index (κ1) is 13.3. The normalized spacial score (nSPS) is 14.3. The number of carbonyl (C=O) groups excluding carboxylic acids is 1. The van der Waals surface area contributed by atoms with Gasteiger partial charge in [0.2, 0.25) is 0 Å². The quantitative estimate of drug-likeness (QED) is 0.901. The van der Waals surface area contributed by atoms with Gasteiger partial charge in [-0.15, -0.1) is 0 Å². The number of amides is 1. The van der Waals surface area contributed by atoms with Crippen LogP contribution in [0.2, 0.25) is 10.0 Å². The first-order chi connectivity index (χ1) is 9.56. The second-order valence-electron chi connectivity index (χ2n) is 4.85. The Kier molecular flexibility index (Phi) is 3.36. The summed E-state index contributed by atoms with van der Waals surface area (Å²) in [5.74, 6) is -0.261. The summed E-state index contributed by atoms with van der Waals surface area (Å²) in [6.45, 7) is 0. The van der Waals surface area contributed by atoms with Crippen molar-refractivity contribution < 1.29 is 4.79 Å². The van der Waals surface area contributed by atoms with Crippen molar-refractivity contribution >= 4 is 40.5 Å². The molecule has 0 unspecified atom stereocenters. The highest BCUT2D eigenvalue weighted by molar-refractivity contribution is 6.40. The number of nitrogens with zero attached hydrogens (tertiary/aromatic N) is 1. The smallest absolute Gasteiger partial charge is 0.272 e. The zero-order valence-corrected chi connectivity index (χ0v) is 12.1. The second-order valence-corrected chi connectivity index (χ2v) is 5.66. The number of hydrogen-bond donors (Lipinski definition) is 2. The topological polar surface area (TPSA) is 60.1 Å². The Morgan fingerprint density at radius 1 is 1.30 bits per heavy atom. The Hall–Kier alpha value is -1.65. The van der Waals surface area contributed by atoms with E-state index in [1.54, 1.807) is 30.5 Å². The zero-order chi connectivity index (χ0) is 14.3. The summed E-state index contributed by atoms with van der Waals surface area (Å²) in [5, 5.41) is 3.56. The fraction of sp³-hybridized carbons (Fsp3) is 0.214. The van der Waals surface area contributed by atoms with Gasteiger partial charge >= 0.3 is 0 Å². The fourth-order valence-corrected chi connectivity index (χ4v) is 2.62. The van der Waals surface area contributed by atoms with E-state index in [1.807, 2.05) is 4.57 Å². The third kappa shape index (κ3) is 2.49. The molecule has 20 heavy (non-hydrogen) atoms. The van der Waals surface area contributed by atoms with Gasteiger partial charge in [-0.1, -0.05) is 29.3 Å². The molecule has 3 N–H and O–H groups in total. The maximum absolute atomic E-state index is 12.4. The summed E-state index contributed by atoms with van der Waals surface area (Å²) in [4.78, 5) is 12.4. The Balaban J connectivity index is 1.90. The Morgan fingerprint density at radius 3 is 2.55 bits per heavy atom. The number of para-hydroxylation sites is 1. The molecule has 0 spiro atoms. The van der Waals surface area contributed by atoms with Crippen LogP contribution < -0.4 is 11.1 Å². The number of aromatic nitrogens is 1. The molecule has 2 aromatic rings. The highest BCUT2D eigenvalue weighted by Crippen LogP contribution is 2.37. The molecule has 0 radical (unpaired) electrons. The van der Waals surface area contributed by atoms with E-state index in [2.05, 4.69) is 5.32 Å². The largest absolute Gasteiger partial charge is 0.397 e. The molecule has 1 aromatic carbocycles. The number of benzene rings is 1. The third-order valence-corrected chi connectivity index (χ3v) is 3.87. The van der Waals surface area contributed by atoms with Crippen LogP contribution >= 0.6 is 23.2 Å². The zero-order valence-electron chi connectivity index (χ0n) is 10.6. The molecule has 0 aliphatic heterocycles. The number of nitrogens with one attached hydrogen (secondary N) is 1. The number of halogens is 2. The summed E-state index contributed by atoms with van der Waals surface area (Å²) in [5.41, 5.74) is 7.31. The van der Waals surface area contributed by atoms with Gasteiger partial charge in [0.25, 0.3) is 5.91 Å². The van der Waals surface area contributed by atoms with Crippen molar-refractivity contribution in [2.24, 2.45) is 0 Å². The van der Waals surface area contributed by atoms with E-state index < -0.39 is 0 Å². The molecule has 1 aliphatic rings. The van der Waals surface area contributed by atoms with Crippen LogP contribution in [-0.4, -0.2) is 10.5 Å². The lowest BCUT2D eigenvalue weighted by Crippen LogP contribution is -2.16. The Labute approximate surface area is 126 Å². The first-order valence-electron chi connectivity index (χ1n) is 6.29. The molecular formula is C14H13Cl2N3O. The summed E-state index contributed by atoms with van der Waals surface area (Å²) >= 11 is 12.1. The number of rotatable bonds is 3. The van der Waals surface area contributed by atoms with Crippen molar-refractivity contribution in [3.05, 3.63) is 46.2 Å². The Morgan fingerprint density at radius 2 is 1.95 bits per heavy atom. The van der Waals surface area contributed by atoms with E-state index >= 15 is 0 Å². The average molecular weight is 310 g/mol. The SMILES string of the molecule is Nc1cc(C(=O)Nc2c(Cl)cccc2Cl)n(C2CC2)c1. The van der Waals surface area contributed by atoms with Gasteiger partial charge in [0.15, 0.2) is 0 Å². The standard InChI is InChI=1S/C14H13Cl2N3O/c15-10-2-1-3-11(16)13(10)18-14(20)12-6-8(17)7-19(12)9-4-5-9/h1-3,6-7,9H,4-5,17H2,(H,18,20). The highest BCUT2D eigenvalue weighted by atomic mass is 35.5. The molecule has 104 valence electrons. The first-order valence-corrected chi connectivity index (χ1v) is 7.04. The monoisotopic (exact) mass is 309 g/mol. The lowest BCUT2D eigenvalue weighted by Gasteiger charge is -2.11. The van der Waals surface area contributed by atoms with Gasteiger partial charge < -0.3 is 15.6 Å². The molecule has 0 bridgehead atoms. The summed E-state index contributed by atoms with van der Waals surface area (Å²) in [6, 6.07) is 7.12. The lowest BCUT2D eigenvalue weighted by atomic mass is 10.3. The van der Waals surface area contributed by atoms with Crippen LogP contribution in [0.15, 0.2) is 30.5 Å². The minimum absolute atomic E-state index is 0.261. The summed E-state index contributed by atoms with van der Waals surface area (Å²) in [6.07, 6.45) is 3.93. The van der Waals surface area contributed by atoms with Gasteiger partial charge in [-0.2, -0.15) is 0 Å². The number of anilines is 2. The van der Waals surface area contributed by atoms with Crippen LogP contribution in [0, 0.1) is 0 Å². The van der Waals surface area contributed by atoms with E-state index in [-0.39, 0.29) is 5.91 Å². The van der Waals surface area contributed by atoms with Crippen molar-refractivity contribution in [1.82, 2.24) is 4.57 Å². The molecule has 1 fully saturated rings. The Bertz CT molecular complexity index is 657. The predicted molar refractivity (Wildman–Crippen MR) is 81.5 cm³/mol. The van der Waals surface area contributed by atoms with Crippen LogP contribution in [0.25, 0.3) is 0 Å². The molecule has 4 nitrogen and oxygen atoms in total. The molecule has 3 rings (SSSR count). The molecule has 0 saturated heterocycles. The molecule has 1 amide bonds. The van der Waals surface area contributed by atoms with E-state index in [0.29, 0.717) is 33.2 Å². The molecule has 0 atom stereocenters. The molecular weight excluding hydrogens is 297 g/mol. The number of carbonyl (C=O) groups is 1.